The van der Waals surface area contributed by atoms with Crippen molar-refractivity contribution in [2.45, 2.75) is 13.3 Å². The number of amides is 1. The molecule has 4 nitrogen and oxygen atoms in total. The van der Waals surface area contributed by atoms with Gasteiger partial charge in [0.25, 0.3) is 5.91 Å². The minimum Gasteiger partial charge on any atom is -0.461 e. The Kier molecular flexibility index (Phi) is 4.80. The second kappa shape index (κ2) is 5.35. The Labute approximate surface area is 78.2 Å². The smallest absolute Gasteiger partial charge is 0.305 e. The maximum absolute atomic E-state index is 11.2. The van der Waals surface area contributed by atoms with E-state index in [1.54, 1.807) is 21.0 Å². The zero-order valence-corrected chi connectivity index (χ0v) is 8.29. The lowest BCUT2D eigenvalue weighted by Gasteiger charge is -2.12. The van der Waals surface area contributed by atoms with Gasteiger partial charge in [-0.15, -0.1) is 0 Å². The van der Waals surface area contributed by atoms with Crippen molar-refractivity contribution in [3.8, 4) is 0 Å². The average Bonchev–Trinajstić information content (AvgIpc) is 2.11. The normalized spacial score (nSPS) is 9.15. The van der Waals surface area contributed by atoms with Gasteiger partial charge in [-0.3, -0.25) is 9.59 Å². The lowest BCUT2D eigenvalue weighted by Crippen LogP contribution is -2.25. The van der Waals surface area contributed by atoms with Gasteiger partial charge in [0.05, 0.1) is 0 Å². The number of nitrogens with zero attached hydrogens (tertiary/aromatic N) is 1. The Morgan fingerprint density at radius 1 is 1.38 bits per heavy atom. The number of hydrogen-bond donors (Lipinski definition) is 0. The Morgan fingerprint density at radius 3 is 2.31 bits per heavy atom. The first-order chi connectivity index (χ1) is 5.99. The van der Waals surface area contributed by atoms with Gasteiger partial charge in [-0.25, -0.2) is 0 Å². The molecule has 0 aliphatic rings. The van der Waals surface area contributed by atoms with E-state index in [1.807, 2.05) is 0 Å². The maximum atomic E-state index is 11.2. The molecule has 0 unspecified atom stereocenters. The van der Waals surface area contributed by atoms with Crippen LogP contribution in [0.1, 0.15) is 13.3 Å². The lowest BCUT2D eigenvalue weighted by atomic mass is 10.3. The molecule has 0 saturated carbocycles. The first-order valence-corrected chi connectivity index (χ1v) is 4.04. The van der Waals surface area contributed by atoms with Gasteiger partial charge in [-0.1, -0.05) is 13.5 Å². The highest BCUT2D eigenvalue weighted by Gasteiger charge is 2.10. The van der Waals surface area contributed by atoms with Gasteiger partial charge < -0.3 is 9.64 Å². The fourth-order valence-corrected chi connectivity index (χ4v) is 0.648. The molecular weight excluding hydrogens is 170 g/mol. The highest BCUT2D eigenvalue weighted by Crippen LogP contribution is 1.97. The standard InChI is InChI=1S/C9H15NO3/c1-5-8(11)13-6-7(2)9(12)10(3)4/h2,5-6H2,1,3-4H3. The number of hydrogen-bond acceptors (Lipinski definition) is 3. The van der Waals surface area contributed by atoms with Crippen LogP contribution in [-0.2, 0) is 14.3 Å². The molecule has 0 atom stereocenters. The Bertz CT molecular complexity index is 221. The third kappa shape index (κ3) is 4.30. The van der Waals surface area contributed by atoms with E-state index < -0.39 is 0 Å². The quantitative estimate of drug-likeness (QED) is 0.475. The summed E-state index contributed by atoms with van der Waals surface area (Å²) in [5, 5.41) is 0. The van der Waals surface area contributed by atoms with Crippen molar-refractivity contribution in [1.29, 1.82) is 0 Å². The van der Waals surface area contributed by atoms with Crippen molar-refractivity contribution >= 4 is 11.9 Å². The van der Waals surface area contributed by atoms with Crippen LogP contribution < -0.4 is 0 Å². The molecule has 0 aromatic rings. The third-order valence-electron chi connectivity index (χ3n) is 1.40. The molecule has 0 heterocycles. The van der Waals surface area contributed by atoms with Gasteiger partial charge in [0.2, 0.25) is 0 Å². The number of carbonyl (C=O) groups excluding carboxylic acids is 2. The highest BCUT2D eigenvalue weighted by atomic mass is 16.5. The van der Waals surface area contributed by atoms with Crippen molar-refractivity contribution in [3.63, 3.8) is 0 Å². The molecule has 0 fully saturated rings. The van der Waals surface area contributed by atoms with Gasteiger partial charge in [-0.2, -0.15) is 0 Å². The van der Waals surface area contributed by atoms with Crippen LogP contribution in [0.5, 0.6) is 0 Å². The molecule has 0 N–H and O–H groups in total. The zero-order valence-electron chi connectivity index (χ0n) is 8.29. The van der Waals surface area contributed by atoms with E-state index in [1.165, 1.54) is 4.90 Å². The Morgan fingerprint density at radius 2 is 1.92 bits per heavy atom. The topological polar surface area (TPSA) is 46.6 Å². The Balaban J connectivity index is 3.88. The predicted octanol–water partition coefficient (Wildman–Crippen LogP) is 0.584. The van der Waals surface area contributed by atoms with Crippen molar-refractivity contribution in [1.82, 2.24) is 4.90 Å². The molecule has 74 valence electrons. The summed E-state index contributed by atoms with van der Waals surface area (Å²) < 4.78 is 4.74. The molecule has 0 bridgehead atoms. The second-order valence-electron chi connectivity index (χ2n) is 2.82. The van der Waals surface area contributed by atoms with Gasteiger partial charge in [0, 0.05) is 26.1 Å². The average molecular weight is 185 g/mol. The summed E-state index contributed by atoms with van der Waals surface area (Å²) in [5.41, 5.74) is 0.284. The molecule has 0 aromatic heterocycles. The predicted molar refractivity (Wildman–Crippen MR) is 49.1 cm³/mol. The third-order valence-corrected chi connectivity index (χ3v) is 1.40. The molecule has 0 spiro atoms. The van der Waals surface area contributed by atoms with E-state index in [0.717, 1.165) is 0 Å². The summed E-state index contributed by atoms with van der Waals surface area (Å²) in [7, 11) is 3.24. The fraction of sp³-hybridized carbons (Fsp3) is 0.556. The Hall–Kier alpha value is -1.32. The van der Waals surface area contributed by atoms with Crippen LogP contribution >= 0.6 is 0 Å². The summed E-state index contributed by atoms with van der Waals surface area (Å²) in [4.78, 5) is 23.3. The minimum atomic E-state index is -0.326. The molecule has 0 rings (SSSR count). The minimum absolute atomic E-state index is 0.0241. The summed E-state index contributed by atoms with van der Waals surface area (Å²) >= 11 is 0. The van der Waals surface area contributed by atoms with Crippen molar-refractivity contribution in [3.05, 3.63) is 12.2 Å². The van der Waals surface area contributed by atoms with Crippen LogP contribution in [0.4, 0.5) is 0 Å². The van der Waals surface area contributed by atoms with Crippen LogP contribution in [0.3, 0.4) is 0 Å². The molecular formula is C9H15NO3. The summed E-state index contributed by atoms with van der Waals surface area (Å²) in [6.07, 6.45) is 0.309. The van der Waals surface area contributed by atoms with Crippen molar-refractivity contribution in [2.75, 3.05) is 20.7 Å². The van der Waals surface area contributed by atoms with Crippen LogP contribution in [0.25, 0.3) is 0 Å². The molecule has 0 radical (unpaired) electrons. The number of rotatable bonds is 4. The SMILES string of the molecule is C=C(COC(=O)CC)C(=O)N(C)C. The van der Waals surface area contributed by atoms with Gasteiger partial charge in [0.15, 0.2) is 0 Å². The molecule has 0 aliphatic heterocycles. The maximum Gasteiger partial charge on any atom is 0.305 e. The van der Waals surface area contributed by atoms with Crippen LogP contribution in [0.2, 0.25) is 0 Å². The van der Waals surface area contributed by atoms with Crippen LogP contribution in [-0.4, -0.2) is 37.5 Å². The van der Waals surface area contributed by atoms with Gasteiger partial charge >= 0.3 is 5.97 Å². The fourth-order valence-electron chi connectivity index (χ4n) is 0.648. The summed E-state index contributed by atoms with van der Waals surface area (Å²) in [5.74, 6) is -0.545. The first-order valence-electron chi connectivity index (χ1n) is 4.04. The largest absolute Gasteiger partial charge is 0.461 e. The number of likely N-dealkylation sites (N-methyl/N-ethyl adjacent to an activating group) is 1. The molecule has 1 amide bonds. The van der Waals surface area contributed by atoms with Crippen LogP contribution in [0, 0.1) is 0 Å². The zero-order chi connectivity index (χ0) is 10.4. The highest BCUT2D eigenvalue weighted by molar-refractivity contribution is 5.92. The lowest BCUT2D eigenvalue weighted by molar-refractivity contribution is -0.142. The van der Waals surface area contributed by atoms with Gasteiger partial charge in [-0.05, 0) is 0 Å². The van der Waals surface area contributed by atoms with Crippen molar-refractivity contribution < 1.29 is 14.3 Å². The molecule has 0 aliphatic carbocycles. The van der Waals surface area contributed by atoms with E-state index in [-0.39, 0.29) is 24.1 Å². The van der Waals surface area contributed by atoms with E-state index in [0.29, 0.717) is 6.42 Å². The summed E-state index contributed by atoms with van der Waals surface area (Å²) in [6.45, 7) is 5.18. The van der Waals surface area contributed by atoms with E-state index in [4.69, 9.17) is 4.74 Å². The molecule has 0 saturated heterocycles. The molecule has 4 heteroatoms. The van der Waals surface area contributed by atoms with Crippen LogP contribution in [0.15, 0.2) is 12.2 Å². The number of carbonyl (C=O) groups is 2. The molecule has 0 aromatic carbocycles. The number of ether oxygens (including phenoxy) is 1. The number of esters is 1. The van der Waals surface area contributed by atoms with E-state index >= 15 is 0 Å². The summed E-state index contributed by atoms with van der Waals surface area (Å²) in [6, 6.07) is 0. The monoisotopic (exact) mass is 185 g/mol. The first kappa shape index (κ1) is 11.7. The molecule has 13 heavy (non-hydrogen) atoms. The van der Waals surface area contributed by atoms with Crippen molar-refractivity contribution in [2.24, 2.45) is 0 Å². The van der Waals surface area contributed by atoms with E-state index in [9.17, 15) is 9.59 Å². The second-order valence-corrected chi connectivity index (χ2v) is 2.82. The van der Waals surface area contributed by atoms with E-state index in [2.05, 4.69) is 6.58 Å². The van der Waals surface area contributed by atoms with Gasteiger partial charge in [0.1, 0.15) is 6.61 Å².